The molecular weight excluding hydrogens is 258 g/mol. The maximum absolute atomic E-state index is 12.0. The van der Waals surface area contributed by atoms with Gasteiger partial charge in [0.2, 0.25) is 5.91 Å². The number of anilines is 1. The van der Waals surface area contributed by atoms with Crippen LogP contribution in [0.4, 0.5) is 5.82 Å². The Labute approximate surface area is 116 Å². The predicted molar refractivity (Wildman–Crippen MR) is 73.6 cm³/mol. The quantitative estimate of drug-likeness (QED) is 0.502. The predicted octanol–water partition coefficient (Wildman–Crippen LogP) is -1.57. The lowest BCUT2D eigenvalue weighted by Crippen LogP contribution is -2.50. The molecule has 1 aromatic heterocycles. The van der Waals surface area contributed by atoms with Gasteiger partial charge in [-0.1, -0.05) is 0 Å². The highest BCUT2D eigenvalue weighted by molar-refractivity contribution is 5.81. The molecule has 1 aliphatic carbocycles. The number of rotatable bonds is 2. The standard InChI is InChI=1S/C12H19N7O/c13-15-10-3-4-11(16-19(10)14)17-5-7-18(8-6-17)12(20)9-1-2-9/h3-4,9H,1-2,5-8,13-14H2/b15-10-. The molecule has 1 saturated carbocycles. The first-order valence-electron chi connectivity index (χ1n) is 6.82. The van der Waals surface area contributed by atoms with Gasteiger partial charge in [0.05, 0.1) is 0 Å². The molecule has 0 aromatic carbocycles. The highest BCUT2D eigenvalue weighted by Gasteiger charge is 2.34. The van der Waals surface area contributed by atoms with Crippen molar-refractivity contribution < 1.29 is 4.79 Å². The van der Waals surface area contributed by atoms with Gasteiger partial charge in [-0.2, -0.15) is 9.89 Å². The number of carbonyl (C=O) groups excluding carboxylic acids is 1. The Kier molecular flexibility index (Phi) is 3.21. The fourth-order valence-electron chi connectivity index (χ4n) is 2.44. The van der Waals surface area contributed by atoms with E-state index in [1.165, 1.54) is 0 Å². The summed E-state index contributed by atoms with van der Waals surface area (Å²) in [6.45, 7) is 3.02. The second-order valence-electron chi connectivity index (χ2n) is 5.21. The van der Waals surface area contributed by atoms with Crippen LogP contribution in [0.5, 0.6) is 0 Å². The number of hydrogen-bond acceptors (Lipinski definition) is 6. The summed E-state index contributed by atoms with van der Waals surface area (Å²) < 4.78 is 0. The molecule has 2 fully saturated rings. The van der Waals surface area contributed by atoms with Crippen molar-refractivity contribution in [3.8, 4) is 0 Å². The van der Waals surface area contributed by atoms with Crippen LogP contribution in [0.2, 0.25) is 0 Å². The van der Waals surface area contributed by atoms with Gasteiger partial charge in [-0.25, -0.2) is 0 Å². The highest BCUT2D eigenvalue weighted by Crippen LogP contribution is 2.31. The maximum atomic E-state index is 12.0. The third kappa shape index (κ3) is 2.40. The van der Waals surface area contributed by atoms with Crippen LogP contribution in [0.3, 0.4) is 0 Å². The molecular formula is C12H19N7O. The van der Waals surface area contributed by atoms with Crippen LogP contribution in [0.1, 0.15) is 12.8 Å². The van der Waals surface area contributed by atoms with E-state index in [1.54, 1.807) is 6.07 Å². The number of nitrogen functional groups attached to an aromatic ring is 1. The summed E-state index contributed by atoms with van der Waals surface area (Å²) in [5.41, 5.74) is 0.413. The first-order chi connectivity index (χ1) is 9.69. The number of piperazine rings is 1. The molecule has 8 heteroatoms. The number of nitrogens with zero attached hydrogens (tertiary/aromatic N) is 5. The van der Waals surface area contributed by atoms with Crippen LogP contribution in [-0.2, 0) is 4.79 Å². The summed E-state index contributed by atoms with van der Waals surface area (Å²) >= 11 is 0. The second-order valence-corrected chi connectivity index (χ2v) is 5.21. The Bertz CT molecular complexity index is 569. The lowest BCUT2D eigenvalue weighted by Gasteiger charge is -2.35. The summed E-state index contributed by atoms with van der Waals surface area (Å²) in [6, 6.07) is 3.57. The van der Waals surface area contributed by atoms with Gasteiger partial charge in [0, 0.05) is 32.1 Å². The summed E-state index contributed by atoms with van der Waals surface area (Å²) in [6.07, 6.45) is 2.11. The zero-order valence-electron chi connectivity index (χ0n) is 11.3. The van der Waals surface area contributed by atoms with E-state index in [1.807, 2.05) is 11.0 Å². The number of carbonyl (C=O) groups is 1. The van der Waals surface area contributed by atoms with E-state index in [9.17, 15) is 4.79 Å². The molecule has 0 radical (unpaired) electrons. The largest absolute Gasteiger partial charge is 0.352 e. The third-order valence-electron chi connectivity index (χ3n) is 3.80. The average molecular weight is 277 g/mol. The van der Waals surface area contributed by atoms with E-state index in [2.05, 4.69) is 15.1 Å². The van der Waals surface area contributed by atoms with Crippen molar-refractivity contribution in [2.45, 2.75) is 12.8 Å². The molecule has 3 rings (SSSR count). The van der Waals surface area contributed by atoms with Crippen LogP contribution in [0.25, 0.3) is 0 Å². The van der Waals surface area contributed by atoms with Crippen LogP contribution in [0.15, 0.2) is 17.2 Å². The first kappa shape index (κ1) is 12.8. The second kappa shape index (κ2) is 5.03. The van der Waals surface area contributed by atoms with Crippen LogP contribution < -0.4 is 22.1 Å². The number of amides is 1. The van der Waals surface area contributed by atoms with Gasteiger partial charge in [0.15, 0.2) is 11.3 Å². The van der Waals surface area contributed by atoms with Gasteiger partial charge in [-0.15, -0.1) is 5.10 Å². The summed E-state index contributed by atoms with van der Waals surface area (Å²) in [7, 11) is 0. The van der Waals surface area contributed by atoms with Crippen molar-refractivity contribution in [1.82, 2.24) is 14.8 Å². The minimum absolute atomic E-state index is 0.288. The molecule has 0 spiro atoms. The van der Waals surface area contributed by atoms with E-state index in [0.717, 1.165) is 49.6 Å². The van der Waals surface area contributed by atoms with Crippen molar-refractivity contribution in [2.24, 2.45) is 16.9 Å². The molecule has 1 aromatic rings. The third-order valence-corrected chi connectivity index (χ3v) is 3.80. The Hall–Kier alpha value is -2.25. The smallest absolute Gasteiger partial charge is 0.225 e. The van der Waals surface area contributed by atoms with Crippen molar-refractivity contribution in [3.63, 3.8) is 0 Å². The number of hydrogen-bond donors (Lipinski definition) is 2. The van der Waals surface area contributed by atoms with E-state index >= 15 is 0 Å². The molecule has 0 bridgehead atoms. The minimum Gasteiger partial charge on any atom is -0.352 e. The molecule has 2 aliphatic rings. The van der Waals surface area contributed by atoms with E-state index in [0.29, 0.717) is 11.4 Å². The Morgan fingerprint density at radius 1 is 1.25 bits per heavy atom. The summed E-state index contributed by atoms with van der Waals surface area (Å²) in [5, 5.41) is 7.75. The lowest BCUT2D eigenvalue weighted by molar-refractivity contribution is -0.132. The van der Waals surface area contributed by atoms with Gasteiger partial charge in [0.25, 0.3) is 0 Å². The summed E-state index contributed by atoms with van der Waals surface area (Å²) in [4.78, 5) is 17.2. The number of aromatic nitrogens is 2. The van der Waals surface area contributed by atoms with Crippen molar-refractivity contribution >= 4 is 11.7 Å². The molecule has 1 aliphatic heterocycles. The maximum Gasteiger partial charge on any atom is 0.225 e. The fraction of sp³-hybridized carbons (Fsp3) is 0.583. The molecule has 2 heterocycles. The van der Waals surface area contributed by atoms with Crippen molar-refractivity contribution in [2.75, 3.05) is 36.9 Å². The van der Waals surface area contributed by atoms with Gasteiger partial charge >= 0.3 is 0 Å². The van der Waals surface area contributed by atoms with E-state index in [4.69, 9.17) is 11.7 Å². The van der Waals surface area contributed by atoms with Crippen LogP contribution >= 0.6 is 0 Å². The fourth-order valence-corrected chi connectivity index (χ4v) is 2.44. The molecule has 1 amide bonds. The lowest BCUT2D eigenvalue weighted by atomic mass is 10.2. The Balaban J connectivity index is 1.65. The monoisotopic (exact) mass is 277 g/mol. The van der Waals surface area contributed by atoms with Gasteiger partial charge < -0.3 is 21.5 Å². The molecule has 0 atom stereocenters. The van der Waals surface area contributed by atoms with Crippen molar-refractivity contribution in [1.29, 1.82) is 0 Å². The van der Waals surface area contributed by atoms with E-state index < -0.39 is 0 Å². The van der Waals surface area contributed by atoms with Gasteiger partial charge in [0.1, 0.15) is 0 Å². The van der Waals surface area contributed by atoms with Crippen LogP contribution in [-0.4, -0.2) is 46.9 Å². The normalized spacial score (nSPS) is 20.3. The molecule has 108 valence electrons. The van der Waals surface area contributed by atoms with Crippen LogP contribution in [0, 0.1) is 5.92 Å². The summed E-state index contributed by atoms with van der Waals surface area (Å²) in [5.74, 6) is 12.3. The minimum atomic E-state index is 0.288. The number of nitrogens with two attached hydrogens (primary N) is 2. The molecule has 0 unspecified atom stereocenters. The van der Waals surface area contributed by atoms with Gasteiger partial charge in [-0.3, -0.25) is 4.79 Å². The van der Waals surface area contributed by atoms with Gasteiger partial charge in [-0.05, 0) is 25.0 Å². The first-order valence-corrected chi connectivity index (χ1v) is 6.82. The molecule has 8 nitrogen and oxygen atoms in total. The molecule has 20 heavy (non-hydrogen) atoms. The van der Waals surface area contributed by atoms with Crippen molar-refractivity contribution in [3.05, 3.63) is 17.6 Å². The highest BCUT2D eigenvalue weighted by atomic mass is 16.2. The SMILES string of the molecule is N/N=c1/ccc(N2CCN(C(=O)C3CC3)CC2)nn1N. The topological polar surface area (TPSA) is 106 Å². The molecule has 1 saturated heterocycles. The Morgan fingerprint density at radius 2 is 1.95 bits per heavy atom. The average Bonchev–Trinajstić information content (AvgIpc) is 3.31. The Morgan fingerprint density at radius 3 is 2.50 bits per heavy atom. The zero-order chi connectivity index (χ0) is 14.1. The van der Waals surface area contributed by atoms with E-state index in [-0.39, 0.29) is 5.92 Å². The molecule has 4 N–H and O–H groups in total. The zero-order valence-corrected chi connectivity index (χ0v) is 11.3.